The summed E-state index contributed by atoms with van der Waals surface area (Å²) in [6.07, 6.45) is 0.890. The molecule has 21 heavy (non-hydrogen) atoms. The van der Waals surface area contributed by atoms with Gasteiger partial charge in [-0.1, -0.05) is 11.6 Å². The lowest BCUT2D eigenvalue weighted by molar-refractivity contribution is 0.0695. The summed E-state index contributed by atoms with van der Waals surface area (Å²) >= 11 is 8.81. The monoisotopic (exact) mass is 372 g/mol. The normalized spacial score (nSPS) is 10.2. The standard InChI is InChI=1S/C13H7BrClFN2O3/c14-10-2-1-7(4-8(10)13(20)21)18-12(19)9-3-6(16)5-17-11(9)15/h1-5H,(H,18,19)(H,20,21). The van der Waals surface area contributed by atoms with Crippen LogP contribution in [-0.4, -0.2) is 22.0 Å². The average Bonchev–Trinajstić information content (AvgIpc) is 2.43. The van der Waals surface area contributed by atoms with Crippen molar-refractivity contribution < 1.29 is 19.1 Å². The van der Waals surface area contributed by atoms with Crippen LogP contribution in [0.3, 0.4) is 0 Å². The van der Waals surface area contributed by atoms with Crippen molar-refractivity contribution >= 4 is 45.1 Å². The van der Waals surface area contributed by atoms with E-state index in [1.165, 1.54) is 18.2 Å². The largest absolute Gasteiger partial charge is 0.478 e. The first-order valence-corrected chi connectivity index (χ1v) is 6.71. The van der Waals surface area contributed by atoms with Gasteiger partial charge < -0.3 is 10.4 Å². The van der Waals surface area contributed by atoms with Crippen molar-refractivity contribution in [2.45, 2.75) is 0 Å². The Bertz CT molecular complexity index is 739. The van der Waals surface area contributed by atoms with E-state index in [1.54, 1.807) is 0 Å². The van der Waals surface area contributed by atoms with Crippen LogP contribution in [0.4, 0.5) is 10.1 Å². The number of aromatic nitrogens is 1. The molecule has 0 aliphatic heterocycles. The molecule has 8 heteroatoms. The number of carbonyl (C=O) groups is 2. The number of nitrogens with one attached hydrogen (secondary N) is 1. The summed E-state index contributed by atoms with van der Waals surface area (Å²) in [7, 11) is 0. The number of carboxylic acids is 1. The molecule has 2 N–H and O–H groups in total. The SMILES string of the molecule is O=C(O)c1cc(NC(=O)c2cc(F)cnc2Cl)ccc1Br. The van der Waals surface area contributed by atoms with Gasteiger partial charge in [-0.2, -0.15) is 0 Å². The van der Waals surface area contributed by atoms with E-state index >= 15 is 0 Å². The van der Waals surface area contributed by atoms with Crippen LogP contribution in [0.2, 0.25) is 5.15 Å². The molecule has 0 bridgehead atoms. The minimum absolute atomic E-state index is 0.0173. The van der Waals surface area contributed by atoms with Gasteiger partial charge in [0.15, 0.2) is 0 Å². The van der Waals surface area contributed by atoms with Crippen LogP contribution in [0.5, 0.6) is 0 Å². The third-order valence-corrected chi connectivity index (χ3v) is 3.50. The van der Waals surface area contributed by atoms with Crippen molar-refractivity contribution in [3.8, 4) is 0 Å². The molecule has 5 nitrogen and oxygen atoms in total. The van der Waals surface area contributed by atoms with Crippen molar-refractivity contribution in [1.82, 2.24) is 4.98 Å². The van der Waals surface area contributed by atoms with Crippen LogP contribution >= 0.6 is 27.5 Å². The molecule has 1 aromatic carbocycles. The summed E-state index contributed by atoms with van der Waals surface area (Å²) < 4.78 is 13.5. The van der Waals surface area contributed by atoms with E-state index in [1.807, 2.05) is 0 Å². The highest BCUT2D eigenvalue weighted by molar-refractivity contribution is 9.10. The minimum Gasteiger partial charge on any atom is -0.478 e. The lowest BCUT2D eigenvalue weighted by Crippen LogP contribution is -2.14. The number of amides is 1. The maximum Gasteiger partial charge on any atom is 0.336 e. The van der Waals surface area contributed by atoms with Crippen molar-refractivity contribution in [3.63, 3.8) is 0 Å². The third-order valence-electron chi connectivity index (χ3n) is 2.50. The number of carboxylic acid groups (broad SMARTS) is 1. The summed E-state index contributed by atoms with van der Waals surface area (Å²) in [5, 5.41) is 11.3. The molecular weight excluding hydrogens is 367 g/mol. The van der Waals surface area contributed by atoms with E-state index in [0.717, 1.165) is 12.3 Å². The predicted molar refractivity (Wildman–Crippen MR) is 78.3 cm³/mol. The van der Waals surface area contributed by atoms with E-state index in [-0.39, 0.29) is 22.0 Å². The molecule has 0 radical (unpaired) electrons. The smallest absolute Gasteiger partial charge is 0.336 e. The zero-order valence-electron chi connectivity index (χ0n) is 10.2. The molecule has 2 aromatic rings. The van der Waals surface area contributed by atoms with Crippen molar-refractivity contribution in [2.24, 2.45) is 0 Å². The molecule has 0 aliphatic carbocycles. The second-order valence-corrected chi connectivity index (χ2v) is 5.16. The van der Waals surface area contributed by atoms with Crippen LogP contribution in [0.15, 0.2) is 34.9 Å². The summed E-state index contributed by atoms with van der Waals surface area (Å²) in [5.41, 5.74) is 0.0775. The molecule has 0 fully saturated rings. The van der Waals surface area contributed by atoms with Gasteiger partial charge in [0.25, 0.3) is 5.91 Å². The number of hydrogen-bond acceptors (Lipinski definition) is 3. The second kappa shape index (κ2) is 6.19. The first kappa shape index (κ1) is 15.4. The van der Waals surface area contributed by atoms with Gasteiger partial charge in [0.05, 0.1) is 17.3 Å². The van der Waals surface area contributed by atoms with Gasteiger partial charge in [0.1, 0.15) is 11.0 Å². The first-order valence-electron chi connectivity index (χ1n) is 5.53. The number of carbonyl (C=O) groups excluding carboxylic acids is 1. The Kier molecular flexibility index (Phi) is 4.54. The van der Waals surface area contributed by atoms with E-state index < -0.39 is 17.7 Å². The highest BCUT2D eigenvalue weighted by atomic mass is 79.9. The Balaban J connectivity index is 2.29. The van der Waals surface area contributed by atoms with Gasteiger partial charge in [0.2, 0.25) is 0 Å². The molecule has 0 saturated carbocycles. The Morgan fingerprint density at radius 3 is 2.67 bits per heavy atom. The summed E-state index contributed by atoms with van der Waals surface area (Å²) in [4.78, 5) is 26.5. The molecule has 2 rings (SSSR count). The molecule has 0 saturated heterocycles. The fourth-order valence-corrected chi connectivity index (χ4v) is 2.15. The third kappa shape index (κ3) is 3.56. The van der Waals surface area contributed by atoms with E-state index in [4.69, 9.17) is 16.7 Å². The highest BCUT2D eigenvalue weighted by Gasteiger charge is 2.15. The number of rotatable bonds is 3. The molecule has 0 spiro atoms. The van der Waals surface area contributed by atoms with Crippen LogP contribution in [0.25, 0.3) is 0 Å². The average molecular weight is 374 g/mol. The van der Waals surface area contributed by atoms with Crippen LogP contribution in [0.1, 0.15) is 20.7 Å². The van der Waals surface area contributed by atoms with Gasteiger partial charge in [-0.3, -0.25) is 4.79 Å². The van der Waals surface area contributed by atoms with Crippen molar-refractivity contribution in [2.75, 3.05) is 5.32 Å². The van der Waals surface area contributed by atoms with Gasteiger partial charge in [0, 0.05) is 10.2 Å². The lowest BCUT2D eigenvalue weighted by Gasteiger charge is -2.08. The van der Waals surface area contributed by atoms with Crippen LogP contribution in [-0.2, 0) is 0 Å². The number of halogens is 3. The maximum absolute atomic E-state index is 13.1. The molecule has 1 aromatic heterocycles. The fraction of sp³-hybridized carbons (Fsp3) is 0. The molecular formula is C13H7BrClFN2O3. The molecule has 0 atom stereocenters. The summed E-state index contributed by atoms with van der Waals surface area (Å²) in [5.74, 6) is -2.54. The number of aromatic carboxylic acids is 1. The van der Waals surface area contributed by atoms with Crippen molar-refractivity contribution in [1.29, 1.82) is 0 Å². The van der Waals surface area contributed by atoms with Gasteiger partial charge in [-0.15, -0.1) is 0 Å². The summed E-state index contributed by atoms with van der Waals surface area (Å²) in [6.45, 7) is 0. The number of anilines is 1. The molecule has 0 aliphatic rings. The highest BCUT2D eigenvalue weighted by Crippen LogP contribution is 2.22. The lowest BCUT2D eigenvalue weighted by atomic mass is 10.2. The molecule has 108 valence electrons. The van der Waals surface area contributed by atoms with E-state index in [9.17, 15) is 14.0 Å². The predicted octanol–water partition coefficient (Wildman–Crippen LogP) is 3.59. The molecule has 0 unspecified atom stereocenters. The number of hydrogen-bond donors (Lipinski definition) is 2. The number of benzene rings is 1. The summed E-state index contributed by atoms with van der Waals surface area (Å²) in [6, 6.07) is 5.19. The first-order chi connectivity index (χ1) is 9.88. The molecule has 1 heterocycles. The Labute approximate surface area is 131 Å². The fourth-order valence-electron chi connectivity index (χ4n) is 1.55. The zero-order chi connectivity index (χ0) is 15.6. The van der Waals surface area contributed by atoms with Crippen molar-refractivity contribution in [3.05, 3.63) is 57.0 Å². The number of pyridine rings is 1. The maximum atomic E-state index is 13.1. The Morgan fingerprint density at radius 1 is 1.29 bits per heavy atom. The minimum atomic E-state index is -1.15. The quantitative estimate of drug-likeness (QED) is 0.806. The molecule has 1 amide bonds. The van der Waals surface area contributed by atoms with Crippen LogP contribution < -0.4 is 5.32 Å². The van der Waals surface area contributed by atoms with E-state index in [0.29, 0.717) is 4.47 Å². The zero-order valence-corrected chi connectivity index (χ0v) is 12.6. The Morgan fingerprint density at radius 2 is 2.00 bits per heavy atom. The van der Waals surface area contributed by atoms with E-state index in [2.05, 4.69) is 26.2 Å². The number of nitrogens with zero attached hydrogens (tertiary/aromatic N) is 1. The van der Waals surface area contributed by atoms with Crippen LogP contribution in [0, 0.1) is 5.82 Å². The topological polar surface area (TPSA) is 79.3 Å². The van der Waals surface area contributed by atoms with Gasteiger partial charge in [-0.05, 0) is 40.2 Å². The second-order valence-electron chi connectivity index (χ2n) is 3.95. The van der Waals surface area contributed by atoms with Gasteiger partial charge in [-0.25, -0.2) is 14.2 Å². The van der Waals surface area contributed by atoms with Gasteiger partial charge >= 0.3 is 5.97 Å². The Hall–Kier alpha value is -1.99.